The third-order valence-electron chi connectivity index (χ3n) is 4.70. The standard InChI is InChI=1S/C17H24N2O/c1-2-14-4-6-15(7-5-14)17(8-9-17)16(20)19-12-3-10-18-11-13-19/h4-7,18H,2-3,8-13H2,1H3. The first-order chi connectivity index (χ1) is 9.76. The molecular formula is C17H24N2O. The fraction of sp³-hybridized carbons (Fsp3) is 0.588. The molecule has 0 unspecified atom stereocenters. The number of nitrogens with zero attached hydrogens (tertiary/aromatic N) is 1. The van der Waals surface area contributed by atoms with Gasteiger partial charge in [-0.25, -0.2) is 0 Å². The molecule has 1 amide bonds. The fourth-order valence-electron chi connectivity index (χ4n) is 3.16. The van der Waals surface area contributed by atoms with Gasteiger partial charge in [-0.2, -0.15) is 0 Å². The van der Waals surface area contributed by atoms with E-state index in [0.29, 0.717) is 5.91 Å². The minimum atomic E-state index is -0.198. The van der Waals surface area contributed by atoms with Crippen molar-refractivity contribution in [1.82, 2.24) is 10.2 Å². The number of nitrogens with one attached hydrogen (secondary N) is 1. The largest absolute Gasteiger partial charge is 0.341 e. The Morgan fingerprint density at radius 1 is 1.20 bits per heavy atom. The van der Waals surface area contributed by atoms with Gasteiger partial charge in [0, 0.05) is 19.6 Å². The smallest absolute Gasteiger partial charge is 0.233 e. The topological polar surface area (TPSA) is 32.3 Å². The molecule has 20 heavy (non-hydrogen) atoms. The van der Waals surface area contributed by atoms with Crippen LogP contribution in [0.2, 0.25) is 0 Å². The molecule has 1 aliphatic heterocycles. The Morgan fingerprint density at radius 2 is 1.95 bits per heavy atom. The molecule has 1 N–H and O–H groups in total. The van der Waals surface area contributed by atoms with Crippen molar-refractivity contribution in [3.8, 4) is 0 Å². The van der Waals surface area contributed by atoms with Crippen LogP contribution in [0.1, 0.15) is 37.3 Å². The molecule has 0 radical (unpaired) electrons. The second kappa shape index (κ2) is 5.57. The molecule has 2 fully saturated rings. The number of hydrogen-bond donors (Lipinski definition) is 1. The van der Waals surface area contributed by atoms with Crippen molar-refractivity contribution in [3.63, 3.8) is 0 Å². The Balaban J connectivity index is 1.78. The van der Waals surface area contributed by atoms with Crippen molar-refractivity contribution >= 4 is 5.91 Å². The second-order valence-corrected chi connectivity index (χ2v) is 6.03. The first kappa shape index (κ1) is 13.6. The molecule has 2 aliphatic rings. The van der Waals surface area contributed by atoms with E-state index in [2.05, 4.69) is 41.4 Å². The summed E-state index contributed by atoms with van der Waals surface area (Å²) >= 11 is 0. The monoisotopic (exact) mass is 272 g/mol. The SMILES string of the molecule is CCc1ccc(C2(C(=O)N3CCCNCC3)CC2)cc1. The fourth-order valence-corrected chi connectivity index (χ4v) is 3.16. The molecule has 1 saturated carbocycles. The van der Waals surface area contributed by atoms with Gasteiger partial charge in [-0.1, -0.05) is 31.2 Å². The highest BCUT2D eigenvalue weighted by Crippen LogP contribution is 2.49. The van der Waals surface area contributed by atoms with E-state index in [4.69, 9.17) is 0 Å². The Kier molecular flexibility index (Phi) is 3.79. The molecule has 0 bridgehead atoms. The summed E-state index contributed by atoms with van der Waals surface area (Å²) in [5, 5.41) is 3.36. The number of amides is 1. The highest BCUT2D eigenvalue weighted by Gasteiger charge is 2.52. The summed E-state index contributed by atoms with van der Waals surface area (Å²) in [4.78, 5) is 15.0. The van der Waals surface area contributed by atoms with Crippen LogP contribution in [-0.4, -0.2) is 37.0 Å². The lowest BCUT2D eigenvalue weighted by Crippen LogP contribution is -2.41. The average Bonchev–Trinajstić information content (AvgIpc) is 3.31. The van der Waals surface area contributed by atoms with Crippen molar-refractivity contribution in [2.24, 2.45) is 0 Å². The van der Waals surface area contributed by atoms with Gasteiger partial charge >= 0.3 is 0 Å². The Hall–Kier alpha value is -1.35. The van der Waals surface area contributed by atoms with Crippen molar-refractivity contribution in [2.45, 2.75) is 38.0 Å². The van der Waals surface area contributed by atoms with Gasteiger partial charge < -0.3 is 10.2 Å². The maximum Gasteiger partial charge on any atom is 0.233 e. The van der Waals surface area contributed by atoms with Crippen LogP contribution in [0.4, 0.5) is 0 Å². The lowest BCUT2D eigenvalue weighted by Gasteiger charge is -2.26. The molecule has 1 heterocycles. The molecule has 1 aromatic carbocycles. The van der Waals surface area contributed by atoms with Crippen LogP contribution < -0.4 is 5.32 Å². The highest BCUT2D eigenvalue weighted by molar-refractivity contribution is 5.91. The first-order valence-electron chi connectivity index (χ1n) is 7.86. The van der Waals surface area contributed by atoms with Crippen LogP contribution in [0.15, 0.2) is 24.3 Å². The van der Waals surface area contributed by atoms with Crippen LogP contribution in [-0.2, 0) is 16.6 Å². The lowest BCUT2D eigenvalue weighted by molar-refractivity contribution is -0.133. The molecule has 108 valence electrons. The van der Waals surface area contributed by atoms with Gasteiger partial charge in [0.05, 0.1) is 5.41 Å². The molecule has 3 rings (SSSR count). The molecular weight excluding hydrogens is 248 g/mol. The highest BCUT2D eigenvalue weighted by atomic mass is 16.2. The van der Waals surface area contributed by atoms with E-state index in [0.717, 1.165) is 51.9 Å². The number of rotatable bonds is 3. The summed E-state index contributed by atoms with van der Waals surface area (Å²) < 4.78 is 0. The summed E-state index contributed by atoms with van der Waals surface area (Å²) in [7, 11) is 0. The normalized spacial score (nSPS) is 21.4. The molecule has 3 heteroatoms. The molecule has 1 saturated heterocycles. The summed E-state index contributed by atoms with van der Waals surface area (Å²) in [5.74, 6) is 0.352. The number of hydrogen-bond acceptors (Lipinski definition) is 2. The second-order valence-electron chi connectivity index (χ2n) is 6.03. The van der Waals surface area contributed by atoms with Gasteiger partial charge in [0.1, 0.15) is 0 Å². The minimum absolute atomic E-state index is 0.198. The third-order valence-corrected chi connectivity index (χ3v) is 4.70. The van der Waals surface area contributed by atoms with Crippen LogP contribution in [0.5, 0.6) is 0 Å². The van der Waals surface area contributed by atoms with Crippen molar-refractivity contribution in [1.29, 1.82) is 0 Å². The maximum atomic E-state index is 12.9. The summed E-state index contributed by atoms with van der Waals surface area (Å²) in [6.07, 6.45) is 4.15. The quantitative estimate of drug-likeness (QED) is 0.914. The van der Waals surface area contributed by atoms with Crippen molar-refractivity contribution in [3.05, 3.63) is 35.4 Å². The first-order valence-corrected chi connectivity index (χ1v) is 7.86. The van der Waals surface area contributed by atoms with E-state index in [1.54, 1.807) is 0 Å². The Morgan fingerprint density at radius 3 is 2.60 bits per heavy atom. The third kappa shape index (κ3) is 2.47. The number of aryl methyl sites for hydroxylation is 1. The zero-order valence-corrected chi connectivity index (χ0v) is 12.3. The van der Waals surface area contributed by atoms with E-state index in [-0.39, 0.29) is 5.41 Å². The van der Waals surface area contributed by atoms with Crippen LogP contribution in [0, 0.1) is 0 Å². The molecule has 1 aromatic rings. The molecule has 1 aliphatic carbocycles. The summed E-state index contributed by atoms with van der Waals surface area (Å²) in [6, 6.07) is 8.68. The number of carbonyl (C=O) groups is 1. The van der Waals surface area contributed by atoms with E-state index in [9.17, 15) is 4.79 Å². The van der Waals surface area contributed by atoms with Crippen LogP contribution in [0.3, 0.4) is 0 Å². The molecule has 0 aromatic heterocycles. The zero-order valence-electron chi connectivity index (χ0n) is 12.3. The minimum Gasteiger partial charge on any atom is -0.341 e. The van der Waals surface area contributed by atoms with Crippen molar-refractivity contribution < 1.29 is 4.79 Å². The molecule has 3 nitrogen and oxygen atoms in total. The average molecular weight is 272 g/mol. The van der Waals surface area contributed by atoms with E-state index < -0.39 is 0 Å². The van der Waals surface area contributed by atoms with Gasteiger partial charge in [-0.15, -0.1) is 0 Å². The van der Waals surface area contributed by atoms with Gasteiger partial charge in [0.15, 0.2) is 0 Å². The van der Waals surface area contributed by atoms with Crippen LogP contribution in [0.25, 0.3) is 0 Å². The van der Waals surface area contributed by atoms with Crippen molar-refractivity contribution in [2.75, 3.05) is 26.2 Å². The number of benzene rings is 1. The Labute approximate surface area is 121 Å². The zero-order chi connectivity index (χ0) is 14.0. The van der Waals surface area contributed by atoms with E-state index >= 15 is 0 Å². The predicted molar refractivity (Wildman–Crippen MR) is 80.8 cm³/mol. The van der Waals surface area contributed by atoms with E-state index in [1.165, 1.54) is 11.1 Å². The predicted octanol–water partition coefficient (Wildman–Crippen LogP) is 2.10. The van der Waals surface area contributed by atoms with Crippen LogP contribution >= 0.6 is 0 Å². The van der Waals surface area contributed by atoms with E-state index in [1.807, 2.05) is 0 Å². The number of carbonyl (C=O) groups excluding carboxylic acids is 1. The Bertz CT molecular complexity index is 468. The van der Waals surface area contributed by atoms with Gasteiger partial charge in [0.25, 0.3) is 0 Å². The maximum absolute atomic E-state index is 12.9. The lowest BCUT2D eigenvalue weighted by atomic mass is 9.93. The van der Waals surface area contributed by atoms with Gasteiger partial charge in [0.2, 0.25) is 5.91 Å². The molecule has 0 spiro atoms. The summed E-state index contributed by atoms with van der Waals surface area (Å²) in [6.45, 7) is 5.88. The van der Waals surface area contributed by atoms with Gasteiger partial charge in [-0.05, 0) is 43.4 Å². The molecule has 0 atom stereocenters. The van der Waals surface area contributed by atoms with Gasteiger partial charge in [-0.3, -0.25) is 4.79 Å². The summed E-state index contributed by atoms with van der Waals surface area (Å²) in [5.41, 5.74) is 2.37.